The summed E-state index contributed by atoms with van der Waals surface area (Å²) in [5.41, 5.74) is 1.22. The van der Waals surface area contributed by atoms with E-state index in [1.54, 1.807) is 54.0 Å². The Morgan fingerprint density at radius 1 is 1.29 bits per heavy atom. The summed E-state index contributed by atoms with van der Waals surface area (Å²) in [6.45, 7) is 1.70. The number of furan rings is 1. The lowest BCUT2D eigenvalue weighted by Gasteiger charge is -2.29. The quantitative estimate of drug-likeness (QED) is 0.833. The molecule has 28 heavy (non-hydrogen) atoms. The van der Waals surface area contributed by atoms with Gasteiger partial charge in [0.25, 0.3) is 5.91 Å². The van der Waals surface area contributed by atoms with Crippen LogP contribution in [0, 0.1) is 0 Å². The lowest BCUT2D eigenvalue weighted by molar-refractivity contribution is -0.119. The number of carbonyl (C=O) groups is 3. The van der Waals surface area contributed by atoms with Crippen molar-refractivity contribution in [2.24, 2.45) is 0 Å². The van der Waals surface area contributed by atoms with Crippen molar-refractivity contribution in [1.29, 1.82) is 0 Å². The van der Waals surface area contributed by atoms with Crippen LogP contribution in [-0.2, 0) is 15.3 Å². The molecule has 1 unspecified atom stereocenters. The molecule has 0 spiro atoms. The van der Waals surface area contributed by atoms with Crippen LogP contribution >= 0.6 is 11.8 Å². The van der Waals surface area contributed by atoms with Gasteiger partial charge in [-0.2, -0.15) is 11.8 Å². The van der Waals surface area contributed by atoms with Crippen LogP contribution in [0.5, 0.6) is 0 Å². The molecule has 0 radical (unpaired) electrons. The number of amides is 3. The van der Waals surface area contributed by atoms with Gasteiger partial charge in [0.15, 0.2) is 5.76 Å². The van der Waals surface area contributed by atoms with Gasteiger partial charge in [-0.1, -0.05) is 12.1 Å². The maximum atomic E-state index is 13.0. The minimum Gasteiger partial charge on any atom is -0.455 e. The summed E-state index contributed by atoms with van der Waals surface area (Å²) in [5, 5.41) is 2.82. The van der Waals surface area contributed by atoms with E-state index >= 15 is 0 Å². The lowest BCUT2D eigenvalue weighted by atomic mass is 10.1. The molecule has 0 fully saturated rings. The van der Waals surface area contributed by atoms with Crippen LogP contribution in [0.3, 0.4) is 0 Å². The third kappa shape index (κ3) is 4.22. The topological polar surface area (TPSA) is 82.9 Å². The summed E-state index contributed by atoms with van der Waals surface area (Å²) < 4.78 is 5.55. The average molecular weight is 401 g/mol. The fourth-order valence-electron chi connectivity index (χ4n) is 3.22. The normalized spacial score (nSPS) is 16.2. The predicted octanol–water partition coefficient (Wildman–Crippen LogP) is 2.98. The monoisotopic (exact) mass is 401 g/mol. The van der Waals surface area contributed by atoms with Gasteiger partial charge in [0.1, 0.15) is 12.3 Å². The van der Waals surface area contributed by atoms with E-state index in [4.69, 9.17) is 4.42 Å². The van der Waals surface area contributed by atoms with Gasteiger partial charge in [0.05, 0.1) is 17.1 Å². The van der Waals surface area contributed by atoms with Crippen molar-refractivity contribution in [3.05, 3.63) is 47.9 Å². The highest BCUT2D eigenvalue weighted by atomic mass is 32.2. The van der Waals surface area contributed by atoms with E-state index in [1.807, 2.05) is 19.2 Å². The molecular formula is C20H23N3O4S. The molecule has 1 N–H and O–H groups in total. The van der Waals surface area contributed by atoms with Crippen LogP contribution in [0.15, 0.2) is 40.8 Å². The number of likely N-dealkylation sites (N-methyl/N-ethyl adjacent to an activating group) is 1. The number of thioether (sulfide) groups is 1. The largest absolute Gasteiger partial charge is 0.455 e. The number of hydrogen-bond donors (Lipinski definition) is 1. The minimum absolute atomic E-state index is 0.121. The molecule has 3 amide bonds. The molecule has 1 aliphatic rings. The highest BCUT2D eigenvalue weighted by molar-refractivity contribution is 7.97. The van der Waals surface area contributed by atoms with Gasteiger partial charge in [-0.3, -0.25) is 14.4 Å². The summed E-state index contributed by atoms with van der Waals surface area (Å²) in [6, 6.07) is 10.2. The van der Waals surface area contributed by atoms with Crippen molar-refractivity contribution in [1.82, 2.24) is 4.90 Å². The Kier molecular flexibility index (Phi) is 6.08. The van der Waals surface area contributed by atoms with E-state index in [0.717, 1.165) is 5.76 Å². The molecular weight excluding hydrogens is 378 g/mol. The second-order valence-electron chi connectivity index (χ2n) is 6.74. The molecule has 2 heterocycles. The van der Waals surface area contributed by atoms with Gasteiger partial charge in [-0.15, -0.1) is 0 Å². The summed E-state index contributed by atoms with van der Waals surface area (Å²) in [6.07, 6.45) is 2.14. The standard InChI is InChI=1S/C20H23N3O4S/c1-13-10-18(24)21-15-6-4-5-7-16(15)23(13)19(25)11-22(2)20(26)17-9-8-14(27-17)12-28-3/h4-9,13H,10-12H2,1-3H3,(H,21,24). The molecule has 0 saturated carbocycles. The van der Waals surface area contributed by atoms with Crippen molar-refractivity contribution in [2.75, 3.05) is 30.1 Å². The molecule has 3 rings (SSSR count). The number of carbonyl (C=O) groups excluding carboxylic acids is 3. The van der Waals surface area contributed by atoms with Crippen LogP contribution in [-0.4, -0.2) is 48.5 Å². The summed E-state index contributed by atoms with van der Waals surface area (Å²) in [7, 11) is 1.56. The first-order chi connectivity index (χ1) is 13.4. The Morgan fingerprint density at radius 3 is 2.79 bits per heavy atom. The Balaban J connectivity index is 1.77. The van der Waals surface area contributed by atoms with Gasteiger partial charge in [-0.05, 0) is 37.4 Å². The van der Waals surface area contributed by atoms with E-state index in [-0.39, 0.29) is 42.5 Å². The number of anilines is 2. The molecule has 0 bridgehead atoms. The number of nitrogens with zero attached hydrogens (tertiary/aromatic N) is 2. The van der Waals surface area contributed by atoms with Crippen molar-refractivity contribution in [3.63, 3.8) is 0 Å². The molecule has 0 aliphatic carbocycles. The van der Waals surface area contributed by atoms with Crippen LogP contribution < -0.4 is 10.2 Å². The number of fused-ring (bicyclic) bond motifs is 1. The molecule has 2 aromatic rings. The average Bonchev–Trinajstić information content (AvgIpc) is 3.06. The number of rotatable bonds is 5. The first kappa shape index (κ1) is 20.0. The van der Waals surface area contributed by atoms with Crippen LogP contribution in [0.25, 0.3) is 0 Å². The Labute approximate surface area is 168 Å². The van der Waals surface area contributed by atoms with Crippen molar-refractivity contribution >= 4 is 40.9 Å². The van der Waals surface area contributed by atoms with Crippen molar-refractivity contribution in [2.45, 2.75) is 25.1 Å². The van der Waals surface area contributed by atoms with Crippen molar-refractivity contribution in [3.8, 4) is 0 Å². The Bertz CT molecular complexity index is 895. The molecule has 148 valence electrons. The first-order valence-electron chi connectivity index (χ1n) is 8.94. The van der Waals surface area contributed by atoms with Gasteiger partial charge in [0, 0.05) is 19.5 Å². The fraction of sp³-hybridized carbons (Fsp3) is 0.350. The molecule has 1 aromatic carbocycles. The lowest BCUT2D eigenvalue weighted by Crippen LogP contribution is -2.45. The van der Waals surface area contributed by atoms with Gasteiger partial charge in [0.2, 0.25) is 11.8 Å². The highest BCUT2D eigenvalue weighted by Gasteiger charge is 2.31. The zero-order valence-corrected chi connectivity index (χ0v) is 16.9. The molecule has 0 saturated heterocycles. The molecule has 1 atom stereocenters. The van der Waals surface area contributed by atoms with E-state index < -0.39 is 0 Å². The summed E-state index contributed by atoms with van der Waals surface area (Å²) in [4.78, 5) is 40.6. The first-order valence-corrected chi connectivity index (χ1v) is 10.3. The smallest absolute Gasteiger partial charge is 0.289 e. The zero-order chi connectivity index (χ0) is 20.3. The summed E-state index contributed by atoms with van der Waals surface area (Å²) >= 11 is 1.60. The Hall–Kier alpha value is -2.74. The second kappa shape index (κ2) is 8.52. The maximum absolute atomic E-state index is 13.0. The van der Waals surface area contributed by atoms with E-state index in [2.05, 4.69) is 5.32 Å². The van der Waals surface area contributed by atoms with E-state index in [0.29, 0.717) is 17.1 Å². The van der Waals surface area contributed by atoms with E-state index in [9.17, 15) is 14.4 Å². The third-order valence-corrected chi connectivity index (χ3v) is 5.08. The van der Waals surface area contributed by atoms with Crippen LogP contribution in [0.1, 0.15) is 29.7 Å². The fourth-order valence-corrected chi connectivity index (χ4v) is 3.66. The third-order valence-electron chi connectivity index (χ3n) is 4.51. The molecule has 1 aliphatic heterocycles. The Morgan fingerprint density at radius 2 is 2.04 bits per heavy atom. The number of nitrogens with one attached hydrogen (secondary N) is 1. The molecule has 8 heteroatoms. The van der Waals surface area contributed by atoms with Crippen LogP contribution in [0.2, 0.25) is 0 Å². The molecule has 7 nitrogen and oxygen atoms in total. The second-order valence-corrected chi connectivity index (χ2v) is 7.61. The van der Waals surface area contributed by atoms with Gasteiger partial charge >= 0.3 is 0 Å². The highest BCUT2D eigenvalue weighted by Crippen LogP contribution is 2.31. The van der Waals surface area contributed by atoms with E-state index in [1.165, 1.54) is 4.90 Å². The number of para-hydroxylation sites is 2. The SMILES string of the molecule is CSCc1ccc(C(=O)N(C)CC(=O)N2c3ccccc3NC(=O)CC2C)o1. The van der Waals surface area contributed by atoms with Gasteiger partial charge in [-0.25, -0.2) is 0 Å². The summed E-state index contributed by atoms with van der Waals surface area (Å²) in [5.74, 6) is 0.847. The maximum Gasteiger partial charge on any atom is 0.289 e. The number of hydrogen-bond acceptors (Lipinski definition) is 5. The zero-order valence-electron chi connectivity index (χ0n) is 16.1. The minimum atomic E-state index is -0.356. The van der Waals surface area contributed by atoms with Gasteiger partial charge < -0.3 is 19.5 Å². The predicted molar refractivity (Wildman–Crippen MR) is 110 cm³/mol. The van der Waals surface area contributed by atoms with Crippen molar-refractivity contribution < 1.29 is 18.8 Å². The molecule has 1 aromatic heterocycles. The number of benzene rings is 1. The van der Waals surface area contributed by atoms with Crippen LogP contribution in [0.4, 0.5) is 11.4 Å².